The Kier molecular flexibility index (Phi) is 5.35. The van der Waals surface area contributed by atoms with E-state index in [2.05, 4.69) is 34.0 Å². The molecule has 160 valence electrons. The molecule has 1 aromatic heterocycles. The maximum Gasteiger partial charge on any atom is 0.249 e. The zero-order valence-corrected chi connectivity index (χ0v) is 18.3. The monoisotopic (exact) mass is 419 g/mol. The highest BCUT2D eigenvalue weighted by atomic mass is 19.1. The van der Waals surface area contributed by atoms with E-state index in [1.165, 1.54) is 12.1 Å². The first-order valence-corrected chi connectivity index (χ1v) is 10.3. The van der Waals surface area contributed by atoms with Crippen molar-refractivity contribution in [2.24, 2.45) is 0 Å². The van der Waals surface area contributed by atoms with Crippen molar-refractivity contribution in [2.45, 2.75) is 39.8 Å². The lowest BCUT2D eigenvalue weighted by atomic mass is 10.0. The number of hydrogen-bond acceptors (Lipinski definition) is 5. The standard InChI is InChI=1S/C24H26FN5O/c1-14(2)30-16(4)23(31)29(5)21-9-7-18(13-22(21)30)27-24-26-11-10-20(28-24)19-8-6-17(25)12-15(19)3/h6-14,16H,1-5H3,(H,26,27,28). The van der Waals surface area contributed by atoms with E-state index in [0.717, 1.165) is 33.9 Å². The molecule has 1 amide bonds. The van der Waals surface area contributed by atoms with Gasteiger partial charge in [0.15, 0.2) is 0 Å². The second kappa shape index (κ2) is 7.98. The first kappa shape index (κ1) is 20.8. The molecule has 0 spiro atoms. The van der Waals surface area contributed by atoms with Gasteiger partial charge in [-0.05, 0) is 75.7 Å². The van der Waals surface area contributed by atoms with E-state index >= 15 is 0 Å². The average molecular weight is 420 g/mol. The second-order valence-electron chi connectivity index (χ2n) is 8.13. The van der Waals surface area contributed by atoms with Crippen molar-refractivity contribution in [3.63, 3.8) is 0 Å². The van der Waals surface area contributed by atoms with Crippen molar-refractivity contribution in [2.75, 3.05) is 22.2 Å². The molecular formula is C24H26FN5O. The maximum atomic E-state index is 13.5. The molecule has 4 rings (SSSR count). The van der Waals surface area contributed by atoms with E-state index in [-0.39, 0.29) is 23.8 Å². The van der Waals surface area contributed by atoms with E-state index in [9.17, 15) is 9.18 Å². The number of benzene rings is 2. The number of amides is 1. The molecule has 1 N–H and O–H groups in total. The van der Waals surface area contributed by atoms with Crippen LogP contribution in [0.4, 0.5) is 27.4 Å². The summed E-state index contributed by atoms with van der Waals surface area (Å²) in [5.74, 6) is 0.258. The number of nitrogens with one attached hydrogen (secondary N) is 1. The molecule has 0 fully saturated rings. The fourth-order valence-electron chi connectivity index (χ4n) is 4.16. The highest BCUT2D eigenvalue weighted by Gasteiger charge is 2.34. The molecule has 2 heterocycles. The summed E-state index contributed by atoms with van der Waals surface area (Å²) in [6, 6.07) is 12.3. The lowest BCUT2D eigenvalue weighted by molar-refractivity contribution is -0.119. The molecule has 1 atom stereocenters. The van der Waals surface area contributed by atoms with Crippen LogP contribution in [-0.2, 0) is 4.79 Å². The van der Waals surface area contributed by atoms with Gasteiger partial charge in [-0.1, -0.05) is 0 Å². The number of hydrogen-bond donors (Lipinski definition) is 1. The van der Waals surface area contributed by atoms with Crippen molar-refractivity contribution >= 4 is 28.9 Å². The van der Waals surface area contributed by atoms with Crippen LogP contribution < -0.4 is 15.1 Å². The number of carbonyl (C=O) groups excluding carboxylic acids is 1. The Morgan fingerprint density at radius 2 is 1.87 bits per heavy atom. The Morgan fingerprint density at radius 3 is 2.58 bits per heavy atom. The first-order valence-electron chi connectivity index (χ1n) is 10.3. The van der Waals surface area contributed by atoms with E-state index in [0.29, 0.717) is 5.95 Å². The van der Waals surface area contributed by atoms with E-state index in [1.807, 2.05) is 32.0 Å². The van der Waals surface area contributed by atoms with Crippen LogP contribution in [0.15, 0.2) is 48.7 Å². The van der Waals surface area contributed by atoms with E-state index < -0.39 is 0 Å². The summed E-state index contributed by atoms with van der Waals surface area (Å²) in [6.07, 6.45) is 1.68. The topological polar surface area (TPSA) is 61.4 Å². The van der Waals surface area contributed by atoms with Crippen molar-refractivity contribution in [3.8, 4) is 11.3 Å². The van der Waals surface area contributed by atoms with E-state index in [4.69, 9.17) is 0 Å². The van der Waals surface area contributed by atoms with E-state index in [1.54, 1.807) is 30.3 Å². The SMILES string of the molecule is Cc1cc(F)ccc1-c1ccnc(Nc2ccc3c(c2)N(C(C)C)C(C)C(=O)N3C)n1. The number of nitrogens with zero attached hydrogens (tertiary/aromatic N) is 4. The molecule has 6 nitrogen and oxygen atoms in total. The molecular weight excluding hydrogens is 393 g/mol. The number of fused-ring (bicyclic) bond motifs is 1. The molecule has 0 radical (unpaired) electrons. The van der Waals surface area contributed by atoms with Crippen molar-refractivity contribution in [1.29, 1.82) is 0 Å². The fraction of sp³-hybridized carbons (Fsp3) is 0.292. The predicted octanol–water partition coefficient (Wildman–Crippen LogP) is 4.91. The molecule has 1 unspecified atom stereocenters. The van der Waals surface area contributed by atoms with Gasteiger partial charge in [-0.3, -0.25) is 4.79 Å². The zero-order valence-electron chi connectivity index (χ0n) is 18.3. The Labute approximate surface area is 181 Å². The molecule has 1 aliphatic rings. The number of aromatic nitrogens is 2. The molecule has 2 aromatic carbocycles. The molecule has 0 saturated heterocycles. The summed E-state index contributed by atoms with van der Waals surface area (Å²) in [5.41, 5.74) is 5.08. The van der Waals surface area contributed by atoms with Crippen LogP contribution in [0.1, 0.15) is 26.3 Å². The molecule has 0 aliphatic carbocycles. The highest BCUT2D eigenvalue weighted by molar-refractivity contribution is 6.05. The summed E-state index contributed by atoms with van der Waals surface area (Å²) in [6.45, 7) is 7.95. The molecule has 0 bridgehead atoms. The average Bonchev–Trinajstić information content (AvgIpc) is 2.72. The Balaban J connectivity index is 1.68. The van der Waals surface area contributed by atoms with Crippen LogP contribution in [0.5, 0.6) is 0 Å². The third-order valence-corrected chi connectivity index (χ3v) is 5.65. The van der Waals surface area contributed by atoms with Gasteiger partial charge in [-0.25, -0.2) is 14.4 Å². The highest BCUT2D eigenvalue weighted by Crippen LogP contribution is 2.39. The first-order chi connectivity index (χ1) is 14.8. The van der Waals surface area contributed by atoms with Crippen molar-refractivity contribution < 1.29 is 9.18 Å². The van der Waals surface area contributed by atoms with Gasteiger partial charge >= 0.3 is 0 Å². The number of likely N-dealkylation sites (N-methyl/N-ethyl adjacent to an activating group) is 1. The summed E-state index contributed by atoms with van der Waals surface area (Å²) in [7, 11) is 1.81. The lowest BCUT2D eigenvalue weighted by Crippen LogP contribution is -2.53. The third kappa shape index (κ3) is 3.83. The lowest BCUT2D eigenvalue weighted by Gasteiger charge is -2.42. The minimum absolute atomic E-state index is 0.0765. The largest absolute Gasteiger partial charge is 0.356 e. The quantitative estimate of drug-likeness (QED) is 0.651. The number of rotatable bonds is 4. The Morgan fingerprint density at radius 1 is 1.10 bits per heavy atom. The third-order valence-electron chi connectivity index (χ3n) is 5.65. The van der Waals surface area contributed by atoms with Crippen molar-refractivity contribution in [1.82, 2.24) is 9.97 Å². The Bertz CT molecular complexity index is 1150. The molecule has 3 aromatic rings. The van der Waals surface area contributed by atoms with Gasteiger partial charge in [0.05, 0.1) is 17.1 Å². The fourth-order valence-corrected chi connectivity index (χ4v) is 4.16. The second-order valence-corrected chi connectivity index (χ2v) is 8.13. The summed E-state index contributed by atoms with van der Waals surface area (Å²) in [5, 5.41) is 3.27. The number of anilines is 4. The van der Waals surface area contributed by atoms with Crippen LogP contribution in [0.25, 0.3) is 11.3 Å². The van der Waals surface area contributed by atoms with Crippen LogP contribution in [0.2, 0.25) is 0 Å². The van der Waals surface area contributed by atoms with Gasteiger partial charge in [0, 0.05) is 30.5 Å². The van der Waals surface area contributed by atoms with Crippen LogP contribution in [-0.4, -0.2) is 35.0 Å². The minimum atomic E-state index is -0.268. The smallest absolute Gasteiger partial charge is 0.249 e. The molecule has 31 heavy (non-hydrogen) atoms. The van der Waals surface area contributed by atoms with Crippen LogP contribution >= 0.6 is 0 Å². The minimum Gasteiger partial charge on any atom is -0.356 e. The normalized spacial score (nSPS) is 16.0. The predicted molar refractivity (Wildman–Crippen MR) is 122 cm³/mol. The molecule has 7 heteroatoms. The molecule has 0 saturated carbocycles. The van der Waals surface area contributed by atoms with Crippen LogP contribution in [0, 0.1) is 12.7 Å². The zero-order chi connectivity index (χ0) is 22.3. The Hall–Kier alpha value is -3.48. The number of halogens is 1. The van der Waals surface area contributed by atoms with Gasteiger partial charge in [0.25, 0.3) is 0 Å². The summed E-state index contributed by atoms with van der Waals surface area (Å²) >= 11 is 0. The maximum absolute atomic E-state index is 13.5. The van der Waals surface area contributed by atoms with Gasteiger partial charge in [-0.15, -0.1) is 0 Å². The summed E-state index contributed by atoms with van der Waals surface area (Å²) in [4.78, 5) is 25.4. The van der Waals surface area contributed by atoms with Gasteiger partial charge in [-0.2, -0.15) is 0 Å². The van der Waals surface area contributed by atoms with Gasteiger partial charge in [0.1, 0.15) is 11.9 Å². The molecule has 1 aliphatic heterocycles. The summed E-state index contributed by atoms with van der Waals surface area (Å²) < 4.78 is 13.5. The van der Waals surface area contributed by atoms with Gasteiger partial charge < -0.3 is 15.1 Å². The van der Waals surface area contributed by atoms with Crippen LogP contribution in [0.3, 0.4) is 0 Å². The van der Waals surface area contributed by atoms with Gasteiger partial charge in [0.2, 0.25) is 11.9 Å². The number of carbonyl (C=O) groups is 1. The number of aryl methyl sites for hydroxylation is 1. The van der Waals surface area contributed by atoms with Crippen molar-refractivity contribution in [3.05, 3.63) is 60.0 Å².